The maximum atomic E-state index is 11.9. The summed E-state index contributed by atoms with van der Waals surface area (Å²) in [5.74, 6) is -0.510. The first kappa shape index (κ1) is 16.1. The van der Waals surface area contributed by atoms with E-state index in [4.69, 9.17) is 23.2 Å². The van der Waals surface area contributed by atoms with Gasteiger partial charge in [-0.15, -0.1) is 11.6 Å². The average Bonchev–Trinajstić information content (AvgIpc) is 2.30. The fourth-order valence-electron chi connectivity index (χ4n) is 1.33. The summed E-state index contributed by atoms with van der Waals surface area (Å²) in [6.07, 6.45) is 0. The molecule has 0 bridgehead atoms. The molecule has 8 heteroatoms. The van der Waals surface area contributed by atoms with Gasteiger partial charge in [-0.1, -0.05) is 11.6 Å². The van der Waals surface area contributed by atoms with Crippen molar-refractivity contribution in [1.82, 2.24) is 4.90 Å². The van der Waals surface area contributed by atoms with E-state index >= 15 is 0 Å². The highest BCUT2D eigenvalue weighted by Crippen LogP contribution is 2.22. The fraction of sp³-hybridized carbons (Fsp3) is 0.364. The molecule has 0 aliphatic carbocycles. The number of anilines is 1. The van der Waals surface area contributed by atoms with E-state index in [-0.39, 0.29) is 33.8 Å². The third kappa shape index (κ3) is 4.56. The number of alkyl halides is 1. The Balaban J connectivity index is 3.07. The summed E-state index contributed by atoms with van der Waals surface area (Å²) >= 11 is 11.3. The Morgan fingerprint density at radius 2 is 2.00 bits per heavy atom. The Bertz CT molecular complexity index is 573. The number of rotatable bonds is 5. The van der Waals surface area contributed by atoms with E-state index in [1.807, 2.05) is 0 Å². The van der Waals surface area contributed by atoms with Crippen LogP contribution < -0.4 is 4.72 Å². The first-order chi connectivity index (χ1) is 8.76. The van der Waals surface area contributed by atoms with Gasteiger partial charge in [-0.05, 0) is 18.2 Å². The predicted molar refractivity (Wildman–Crippen MR) is 77.6 cm³/mol. The highest BCUT2D eigenvalue weighted by Gasteiger charge is 2.15. The molecule has 0 aliphatic rings. The van der Waals surface area contributed by atoms with Crippen LogP contribution in [0.4, 0.5) is 5.69 Å². The minimum atomic E-state index is -3.51. The van der Waals surface area contributed by atoms with Gasteiger partial charge in [-0.3, -0.25) is 9.52 Å². The van der Waals surface area contributed by atoms with Crippen molar-refractivity contribution in [2.45, 2.75) is 0 Å². The van der Waals surface area contributed by atoms with Crippen molar-refractivity contribution in [2.75, 3.05) is 30.5 Å². The van der Waals surface area contributed by atoms with Gasteiger partial charge >= 0.3 is 0 Å². The van der Waals surface area contributed by atoms with Crippen molar-refractivity contribution >= 4 is 44.8 Å². The number of nitrogens with one attached hydrogen (secondary N) is 1. The highest BCUT2D eigenvalue weighted by molar-refractivity contribution is 7.92. The van der Waals surface area contributed by atoms with Crippen LogP contribution in [-0.4, -0.2) is 45.0 Å². The first-order valence-electron chi connectivity index (χ1n) is 5.34. The number of hydrogen-bond acceptors (Lipinski definition) is 3. The molecule has 0 aromatic heterocycles. The molecule has 106 valence electrons. The van der Waals surface area contributed by atoms with Crippen molar-refractivity contribution in [3.8, 4) is 0 Å². The van der Waals surface area contributed by atoms with Gasteiger partial charge in [0.05, 0.1) is 16.3 Å². The Kier molecular flexibility index (Phi) is 5.46. The van der Waals surface area contributed by atoms with Crippen molar-refractivity contribution in [3.05, 3.63) is 28.8 Å². The van der Waals surface area contributed by atoms with Gasteiger partial charge in [0.25, 0.3) is 5.91 Å². The second kappa shape index (κ2) is 6.45. The van der Waals surface area contributed by atoms with E-state index in [1.54, 1.807) is 14.1 Å². The van der Waals surface area contributed by atoms with Crippen LogP contribution in [-0.2, 0) is 10.0 Å². The summed E-state index contributed by atoms with van der Waals surface area (Å²) < 4.78 is 25.5. The second-order valence-corrected chi connectivity index (χ2v) is 6.63. The van der Waals surface area contributed by atoms with Crippen LogP contribution >= 0.6 is 23.2 Å². The maximum absolute atomic E-state index is 11.9. The number of carbonyl (C=O) groups is 1. The van der Waals surface area contributed by atoms with Crippen molar-refractivity contribution in [3.63, 3.8) is 0 Å². The van der Waals surface area contributed by atoms with E-state index in [1.165, 1.54) is 23.1 Å². The Morgan fingerprint density at radius 1 is 1.37 bits per heavy atom. The smallest absolute Gasteiger partial charge is 0.254 e. The number of sulfonamides is 1. The molecule has 0 spiro atoms. The number of hydrogen-bond donors (Lipinski definition) is 1. The quantitative estimate of drug-likeness (QED) is 0.842. The maximum Gasteiger partial charge on any atom is 0.254 e. The average molecular weight is 325 g/mol. The monoisotopic (exact) mass is 324 g/mol. The lowest BCUT2D eigenvalue weighted by Gasteiger charge is -2.13. The zero-order chi connectivity index (χ0) is 14.6. The van der Waals surface area contributed by atoms with Gasteiger partial charge in [0, 0.05) is 25.7 Å². The number of nitrogens with zero attached hydrogens (tertiary/aromatic N) is 1. The van der Waals surface area contributed by atoms with Crippen molar-refractivity contribution in [2.24, 2.45) is 0 Å². The molecular formula is C11H14Cl2N2O3S. The summed E-state index contributed by atoms with van der Waals surface area (Å²) in [4.78, 5) is 13.2. The van der Waals surface area contributed by atoms with Crippen LogP contribution in [0.25, 0.3) is 0 Å². The van der Waals surface area contributed by atoms with Crippen LogP contribution in [0.1, 0.15) is 10.4 Å². The normalized spacial score (nSPS) is 11.2. The summed E-state index contributed by atoms with van der Waals surface area (Å²) in [5, 5.41) is 0.263. The van der Waals surface area contributed by atoms with Gasteiger partial charge in [-0.2, -0.15) is 0 Å². The third-order valence-electron chi connectivity index (χ3n) is 2.22. The largest absolute Gasteiger partial charge is 0.345 e. The molecule has 0 heterocycles. The Labute approximate surface area is 122 Å². The second-order valence-electron chi connectivity index (χ2n) is 4.00. The van der Waals surface area contributed by atoms with Crippen LogP contribution in [0, 0.1) is 0 Å². The van der Waals surface area contributed by atoms with Gasteiger partial charge < -0.3 is 4.90 Å². The number of amides is 1. The fourth-order valence-corrected chi connectivity index (χ4v) is 2.92. The van der Waals surface area contributed by atoms with E-state index in [9.17, 15) is 13.2 Å². The van der Waals surface area contributed by atoms with E-state index < -0.39 is 10.0 Å². The Morgan fingerprint density at radius 3 is 2.53 bits per heavy atom. The molecule has 0 fully saturated rings. The minimum Gasteiger partial charge on any atom is -0.345 e. The van der Waals surface area contributed by atoms with Crippen LogP contribution in [0.3, 0.4) is 0 Å². The molecule has 19 heavy (non-hydrogen) atoms. The molecule has 0 atom stereocenters. The lowest BCUT2D eigenvalue weighted by atomic mass is 10.2. The highest BCUT2D eigenvalue weighted by atomic mass is 35.5. The first-order valence-corrected chi connectivity index (χ1v) is 7.91. The lowest BCUT2D eigenvalue weighted by molar-refractivity contribution is 0.0828. The van der Waals surface area contributed by atoms with Crippen LogP contribution in [0.2, 0.25) is 5.02 Å². The minimum absolute atomic E-state index is 0.00753. The van der Waals surface area contributed by atoms with Crippen molar-refractivity contribution < 1.29 is 13.2 Å². The summed E-state index contributed by atoms with van der Waals surface area (Å²) in [6.45, 7) is 0. The molecule has 0 radical (unpaired) electrons. The zero-order valence-electron chi connectivity index (χ0n) is 10.5. The van der Waals surface area contributed by atoms with Gasteiger partial charge in [-0.25, -0.2) is 8.42 Å². The van der Waals surface area contributed by atoms with E-state index in [2.05, 4.69) is 4.72 Å². The molecule has 1 aromatic carbocycles. The van der Waals surface area contributed by atoms with Crippen LogP contribution in [0.5, 0.6) is 0 Å². The Hall–Kier alpha value is -0.980. The third-order valence-corrected chi connectivity index (χ3v) is 4.25. The van der Waals surface area contributed by atoms with E-state index in [0.717, 1.165) is 0 Å². The molecule has 0 unspecified atom stereocenters. The number of benzene rings is 1. The van der Waals surface area contributed by atoms with Gasteiger partial charge in [0.1, 0.15) is 0 Å². The zero-order valence-corrected chi connectivity index (χ0v) is 12.8. The van der Waals surface area contributed by atoms with Gasteiger partial charge in [0.2, 0.25) is 10.0 Å². The lowest BCUT2D eigenvalue weighted by Crippen LogP contribution is -2.22. The summed E-state index contributed by atoms with van der Waals surface area (Å²) in [5.41, 5.74) is 0.512. The molecular weight excluding hydrogens is 311 g/mol. The molecule has 0 aliphatic heterocycles. The number of halogens is 2. The molecule has 0 saturated carbocycles. The molecule has 1 N–H and O–H groups in total. The SMILES string of the molecule is CN(C)C(=O)c1cc(NS(=O)(=O)CCCl)ccc1Cl. The molecule has 5 nitrogen and oxygen atoms in total. The van der Waals surface area contributed by atoms with Gasteiger partial charge in [0.15, 0.2) is 0 Å². The summed E-state index contributed by atoms with van der Waals surface area (Å²) in [7, 11) is -0.338. The molecule has 1 rings (SSSR count). The number of carbonyl (C=O) groups excluding carboxylic acids is 1. The van der Waals surface area contributed by atoms with Crippen molar-refractivity contribution in [1.29, 1.82) is 0 Å². The standard InChI is InChI=1S/C11H14Cl2N2O3S/c1-15(2)11(16)9-7-8(3-4-10(9)13)14-19(17,18)6-5-12/h3-4,7,14H,5-6H2,1-2H3. The molecule has 0 saturated heterocycles. The molecule has 1 amide bonds. The van der Waals surface area contributed by atoms with Crippen LogP contribution in [0.15, 0.2) is 18.2 Å². The predicted octanol–water partition coefficient (Wildman–Crippen LogP) is 2.02. The summed E-state index contributed by atoms with van der Waals surface area (Å²) in [6, 6.07) is 4.36. The molecule has 1 aromatic rings. The topological polar surface area (TPSA) is 66.5 Å². The van der Waals surface area contributed by atoms with E-state index in [0.29, 0.717) is 0 Å².